The molecule has 4 heteroatoms. The summed E-state index contributed by atoms with van der Waals surface area (Å²) in [5.74, 6) is 0.884. The molecule has 237 valence electrons. The molecular weight excluding hydrogens is 741 g/mol. The van der Waals surface area contributed by atoms with Gasteiger partial charge in [-0.25, -0.2) is 0 Å². The van der Waals surface area contributed by atoms with Crippen LogP contribution in [0.15, 0.2) is 97.3 Å². The van der Waals surface area contributed by atoms with Gasteiger partial charge in [-0.3, -0.25) is 0 Å². The first-order chi connectivity index (χ1) is 20.7. The van der Waals surface area contributed by atoms with Gasteiger partial charge in [0, 0.05) is 32.5 Å². The van der Waals surface area contributed by atoms with Crippen molar-refractivity contribution < 1.29 is 20.1 Å². The number of hydrogen-bond acceptors (Lipinski definition) is 2. The molecular formula is C41H48IrN2Si-2. The summed E-state index contributed by atoms with van der Waals surface area (Å²) >= 11 is 0. The second-order valence-corrected chi connectivity index (χ2v) is 19.2. The van der Waals surface area contributed by atoms with Gasteiger partial charge in [-0.1, -0.05) is 116 Å². The van der Waals surface area contributed by atoms with Gasteiger partial charge in [0.25, 0.3) is 0 Å². The Labute approximate surface area is 287 Å². The van der Waals surface area contributed by atoms with Gasteiger partial charge >= 0.3 is 0 Å². The molecule has 0 bridgehead atoms. The largest absolute Gasteiger partial charge is 0.305 e. The molecule has 0 aliphatic rings. The molecule has 0 saturated heterocycles. The van der Waals surface area contributed by atoms with Crippen molar-refractivity contribution in [2.24, 2.45) is 0 Å². The normalized spacial score (nSPS) is 12.2. The van der Waals surface area contributed by atoms with Crippen molar-refractivity contribution in [2.45, 2.75) is 85.4 Å². The van der Waals surface area contributed by atoms with Gasteiger partial charge in [0.05, 0.1) is 8.07 Å². The van der Waals surface area contributed by atoms with Gasteiger partial charge in [-0.05, 0) is 51.0 Å². The summed E-state index contributed by atoms with van der Waals surface area (Å²) in [5.41, 5.74) is 10.9. The van der Waals surface area contributed by atoms with E-state index >= 15 is 0 Å². The molecule has 1 atom stereocenters. The zero-order valence-electron chi connectivity index (χ0n) is 28.6. The third-order valence-corrected chi connectivity index (χ3v) is 10.2. The maximum Gasteiger partial charge on any atom is 0.0799 e. The van der Waals surface area contributed by atoms with Crippen molar-refractivity contribution >= 4 is 13.3 Å². The topological polar surface area (TPSA) is 25.8 Å². The molecule has 2 heterocycles. The molecule has 0 spiro atoms. The predicted molar refractivity (Wildman–Crippen MR) is 191 cm³/mol. The number of benzene rings is 3. The fraction of sp³-hybridized carbons (Fsp3) is 0.317. The molecule has 1 unspecified atom stereocenters. The average molecular weight is 789 g/mol. The number of hydrogen-bond donors (Lipinski definition) is 0. The first kappa shape index (κ1) is 36.3. The van der Waals surface area contributed by atoms with Crippen molar-refractivity contribution in [1.29, 1.82) is 0 Å². The maximum atomic E-state index is 4.69. The van der Waals surface area contributed by atoms with E-state index in [1.54, 1.807) is 0 Å². The monoisotopic (exact) mass is 789 g/mol. The number of nitrogens with zero attached hydrogens (tertiary/aromatic N) is 2. The van der Waals surface area contributed by atoms with Gasteiger partial charge in [-0.15, -0.1) is 70.8 Å². The first-order valence-corrected chi connectivity index (χ1v) is 19.3. The minimum absolute atomic E-state index is 0. The molecule has 3 aromatic carbocycles. The van der Waals surface area contributed by atoms with Crippen LogP contribution >= 0.6 is 0 Å². The Morgan fingerprint density at radius 1 is 0.733 bits per heavy atom. The second-order valence-electron chi connectivity index (χ2n) is 14.2. The number of aryl methyl sites for hydroxylation is 1. The summed E-state index contributed by atoms with van der Waals surface area (Å²) in [5, 5.41) is 1.48. The Morgan fingerprint density at radius 2 is 1.42 bits per heavy atom. The van der Waals surface area contributed by atoms with Crippen molar-refractivity contribution in [3.63, 3.8) is 0 Å². The Bertz CT molecular complexity index is 1660. The van der Waals surface area contributed by atoms with Gasteiger partial charge in [0.1, 0.15) is 0 Å². The average Bonchev–Trinajstić information content (AvgIpc) is 3.01. The molecule has 2 nitrogen and oxygen atoms in total. The van der Waals surface area contributed by atoms with Gasteiger partial charge in [0.15, 0.2) is 0 Å². The summed E-state index contributed by atoms with van der Waals surface area (Å²) in [6, 6.07) is 36.4. The first-order valence-electron chi connectivity index (χ1n) is 15.8. The minimum Gasteiger partial charge on any atom is -0.305 e. The van der Waals surface area contributed by atoms with E-state index < -0.39 is 8.07 Å². The zero-order chi connectivity index (χ0) is 32.1. The van der Waals surface area contributed by atoms with E-state index in [4.69, 9.17) is 4.98 Å². The molecule has 0 saturated carbocycles. The minimum atomic E-state index is -1.35. The fourth-order valence-corrected chi connectivity index (χ4v) is 6.94. The van der Waals surface area contributed by atoms with Crippen LogP contribution in [0.25, 0.3) is 22.5 Å². The summed E-state index contributed by atoms with van der Waals surface area (Å²) in [4.78, 5) is 9.26. The number of rotatable bonds is 6. The Kier molecular flexibility index (Phi) is 12.4. The van der Waals surface area contributed by atoms with E-state index in [1.165, 1.54) is 33.0 Å². The van der Waals surface area contributed by atoms with Crippen LogP contribution in [-0.2, 0) is 25.5 Å². The van der Waals surface area contributed by atoms with Crippen LogP contribution in [0.2, 0.25) is 19.6 Å². The zero-order valence-corrected chi connectivity index (χ0v) is 32.0. The van der Waals surface area contributed by atoms with Crippen LogP contribution in [-0.4, -0.2) is 18.0 Å². The summed E-state index contributed by atoms with van der Waals surface area (Å²) < 4.78 is 0. The van der Waals surface area contributed by atoms with E-state index in [9.17, 15) is 0 Å². The van der Waals surface area contributed by atoms with Crippen molar-refractivity contribution in [2.75, 3.05) is 0 Å². The van der Waals surface area contributed by atoms with Crippen LogP contribution in [0, 0.1) is 19.1 Å². The Hall–Kier alpha value is -3.17. The molecule has 2 aromatic heterocycles. The van der Waals surface area contributed by atoms with Crippen LogP contribution in [0.4, 0.5) is 0 Å². The van der Waals surface area contributed by atoms with Crippen LogP contribution in [0.1, 0.15) is 81.2 Å². The van der Waals surface area contributed by atoms with Gasteiger partial charge < -0.3 is 9.97 Å². The Balaban J connectivity index is 0.000000244. The maximum absolute atomic E-state index is 4.69. The molecule has 0 fully saturated rings. The standard InChI is InChI=1S/C23H24N.C18H24NSi.Ir/c1-17(18-9-6-5-7-10-18)19-11-8-12-20(15-19)22-16-21(13-14-24-22)23(2,3)4;1-13(2)16-11-17(15-9-7-14(3)8-10-15)19-12-18(16)20(4,5)6;/h5-11,13-17H,1-4H3;7-9,11-13H,1-6H3;/q2*-1;. The van der Waals surface area contributed by atoms with Crippen LogP contribution in [0.3, 0.4) is 0 Å². The third-order valence-electron chi connectivity index (χ3n) is 8.14. The van der Waals surface area contributed by atoms with Gasteiger partial charge in [0.2, 0.25) is 0 Å². The van der Waals surface area contributed by atoms with Gasteiger partial charge in [-0.2, -0.15) is 0 Å². The molecule has 5 rings (SSSR count). The van der Waals surface area contributed by atoms with Crippen LogP contribution < -0.4 is 5.19 Å². The number of pyridine rings is 2. The molecule has 45 heavy (non-hydrogen) atoms. The van der Waals surface area contributed by atoms with E-state index in [1.807, 2.05) is 18.3 Å². The smallest absolute Gasteiger partial charge is 0.0799 e. The molecule has 0 N–H and O–H groups in total. The van der Waals surface area contributed by atoms with Crippen molar-refractivity contribution in [1.82, 2.24) is 9.97 Å². The Morgan fingerprint density at radius 3 is 2.02 bits per heavy atom. The molecule has 0 amide bonds. The van der Waals surface area contributed by atoms with Crippen LogP contribution in [0.5, 0.6) is 0 Å². The number of aromatic nitrogens is 2. The van der Waals surface area contributed by atoms with E-state index in [2.05, 4.69) is 164 Å². The molecule has 5 aromatic rings. The van der Waals surface area contributed by atoms with Crippen molar-refractivity contribution in [3.8, 4) is 22.5 Å². The molecule has 0 aliphatic heterocycles. The summed E-state index contributed by atoms with van der Waals surface area (Å²) in [6.45, 7) is 22.7. The van der Waals surface area contributed by atoms with E-state index in [0.717, 1.165) is 22.5 Å². The third kappa shape index (κ3) is 9.66. The van der Waals surface area contributed by atoms with E-state index in [-0.39, 0.29) is 25.5 Å². The quantitative estimate of drug-likeness (QED) is 0.127. The van der Waals surface area contributed by atoms with Crippen molar-refractivity contribution in [3.05, 3.63) is 137 Å². The second kappa shape index (κ2) is 15.4. The fourth-order valence-electron chi connectivity index (χ4n) is 5.26. The molecule has 1 radical (unpaired) electrons. The molecule has 0 aliphatic carbocycles. The predicted octanol–water partition coefficient (Wildman–Crippen LogP) is 10.5. The van der Waals surface area contributed by atoms with E-state index in [0.29, 0.717) is 11.8 Å². The SMILES string of the molecule is CC(c1ccccc1)c1cc[c-]c(-c2cc(C(C)(C)C)ccn2)c1.Cc1c[c-]c(-c2cc(C(C)C)c([Si](C)(C)C)cn2)cc1.[Ir]. The summed E-state index contributed by atoms with van der Waals surface area (Å²) in [7, 11) is -1.35. The summed E-state index contributed by atoms with van der Waals surface area (Å²) in [6.07, 6.45) is 4.00.